The molecule has 0 heterocycles. The lowest BCUT2D eigenvalue weighted by atomic mass is 10.1. The monoisotopic (exact) mass is 426 g/mol. The van der Waals surface area contributed by atoms with E-state index in [0.717, 1.165) is 24.3 Å². The second-order valence-electron chi connectivity index (χ2n) is 5.92. The first-order valence-corrected chi connectivity index (χ1v) is 8.45. The van der Waals surface area contributed by atoms with Crippen LogP contribution in [-0.4, -0.2) is 46.0 Å². The molecule has 0 bridgehead atoms. The van der Waals surface area contributed by atoms with Gasteiger partial charge in [0.25, 0.3) is 0 Å². The first-order chi connectivity index (χ1) is 14.6. The fourth-order valence-corrected chi connectivity index (χ4v) is 2.35. The van der Waals surface area contributed by atoms with Crippen LogP contribution in [0.3, 0.4) is 0 Å². The molecule has 0 fully saturated rings. The highest BCUT2D eigenvalue weighted by atomic mass is 16.6. The van der Waals surface area contributed by atoms with Crippen LogP contribution < -0.4 is 0 Å². The van der Waals surface area contributed by atoms with Gasteiger partial charge in [-0.05, 0) is 24.3 Å². The molecular formula is C21H14O10. The van der Waals surface area contributed by atoms with E-state index >= 15 is 0 Å². The number of benzene rings is 2. The SMILES string of the molecule is C=C(CC(=O)OC(=O)c1ccccc1C(=O)O)C(=O)OC(=O)c1ccccc1C(=O)O. The summed E-state index contributed by atoms with van der Waals surface area (Å²) in [6, 6.07) is 10.0. The number of rotatable bonds is 7. The molecule has 2 N–H and O–H groups in total. The topological polar surface area (TPSA) is 161 Å². The predicted molar refractivity (Wildman–Crippen MR) is 101 cm³/mol. The van der Waals surface area contributed by atoms with Gasteiger partial charge in [-0.15, -0.1) is 0 Å². The Hall–Kier alpha value is -4.60. The van der Waals surface area contributed by atoms with Crippen molar-refractivity contribution in [1.29, 1.82) is 0 Å². The Morgan fingerprint density at radius 1 is 0.677 bits per heavy atom. The van der Waals surface area contributed by atoms with Crippen molar-refractivity contribution in [2.45, 2.75) is 6.42 Å². The summed E-state index contributed by atoms with van der Waals surface area (Å²) < 4.78 is 9.03. The molecule has 0 atom stereocenters. The van der Waals surface area contributed by atoms with Gasteiger partial charge in [0.15, 0.2) is 0 Å². The number of carboxylic acid groups (broad SMARTS) is 2. The molecule has 2 aromatic rings. The zero-order valence-electron chi connectivity index (χ0n) is 15.7. The van der Waals surface area contributed by atoms with Crippen LogP contribution in [-0.2, 0) is 19.1 Å². The van der Waals surface area contributed by atoms with Gasteiger partial charge in [-0.3, -0.25) is 4.79 Å². The predicted octanol–water partition coefficient (Wildman–Crippen LogP) is 2.10. The van der Waals surface area contributed by atoms with Crippen LogP contribution in [0.2, 0.25) is 0 Å². The summed E-state index contributed by atoms with van der Waals surface area (Å²) >= 11 is 0. The quantitative estimate of drug-likeness (QED) is 0.381. The Morgan fingerprint density at radius 3 is 1.48 bits per heavy atom. The van der Waals surface area contributed by atoms with Crippen molar-refractivity contribution in [3.8, 4) is 0 Å². The Morgan fingerprint density at radius 2 is 1.06 bits per heavy atom. The van der Waals surface area contributed by atoms with Crippen LogP contribution in [0.25, 0.3) is 0 Å². The van der Waals surface area contributed by atoms with Gasteiger partial charge >= 0.3 is 35.8 Å². The van der Waals surface area contributed by atoms with Gasteiger partial charge in [-0.2, -0.15) is 0 Å². The molecule has 0 amide bonds. The third kappa shape index (κ3) is 5.70. The van der Waals surface area contributed by atoms with E-state index in [1.165, 1.54) is 24.3 Å². The van der Waals surface area contributed by atoms with Crippen molar-refractivity contribution in [3.05, 3.63) is 82.9 Å². The van der Waals surface area contributed by atoms with E-state index in [9.17, 15) is 28.8 Å². The molecular weight excluding hydrogens is 412 g/mol. The van der Waals surface area contributed by atoms with Crippen molar-refractivity contribution in [2.24, 2.45) is 0 Å². The second-order valence-corrected chi connectivity index (χ2v) is 5.92. The van der Waals surface area contributed by atoms with Crippen molar-refractivity contribution in [1.82, 2.24) is 0 Å². The maximum absolute atomic E-state index is 12.1. The molecule has 0 saturated heterocycles. The summed E-state index contributed by atoms with van der Waals surface area (Å²) in [5, 5.41) is 18.1. The molecule has 0 spiro atoms. The highest BCUT2D eigenvalue weighted by molar-refractivity contribution is 6.09. The second kappa shape index (κ2) is 9.74. The van der Waals surface area contributed by atoms with Crippen LogP contribution in [0.4, 0.5) is 0 Å². The number of ether oxygens (including phenoxy) is 2. The van der Waals surface area contributed by atoms with Gasteiger partial charge in [-0.25, -0.2) is 24.0 Å². The molecule has 2 aromatic carbocycles. The molecule has 0 aliphatic carbocycles. The summed E-state index contributed by atoms with van der Waals surface area (Å²) in [4.78, 5) is 70.2. The highest BCUT2D eigenvalue weighted by Crippen LogP contribution is 2.14. The van der Waals surface area contributed by atoms with Gasteiger partial charge in [-0.1, -0.05) is 30.8 Å². The number of carboxylic acids is 2. The maximum Gasteiger partial charge on any atom is 0.346 e. The Labute approximate surface area is 174 Å². The lowest BCUT2D eigenvalue weighted by Crippen LogP contribution is -2.20. The van der Waals surface area contributed by atoms with Crippen molar-refractivity contribution < 1.29 is 48.5 Å². The largest absolute Gasteiger partial charge is 0.478 e. The third-order valence-corrected chi connectivity index (χ3v) is 3.79. The van der Waals surface area contributed by atoms with Crippen LogP contribution >= 0.6 is 0 Å². The molecule has 0 aliphatic heterocycles. The number of hydrogen-bond acceptors (Lipinski definition) is 8. The van der Waals surface area contributed by atoms with Crippen LogP contribution in [0.5, 0.6) is 0 Å². The minimum absolute atomic E-state index is 0.378. The summed E-state index contributed by atoms with van der Waals surface area (Å²) in [5.74, 6) is -7.93. The minimum Gasteiger partial charge on any atom is -0.478 e. The summed E-state index contributed by atoms with van der Waals surface area (Å²) in [6.07, 6.45) is -0.840. The lowest BCUT2D eigenvalue weighted by molar-refractivity contribution is -0.140. The number of hydrogen-bond donors (Lipinski definition) is 2. The van der Waals surface area contributed by atoms with E-state index in [4.69, 9.17) is 10.2 Å². The smallest absolute Gasteiger partial charge is 0.346 e. The molecule has 10 nitrogen and oxygen atoms in total. The third-order valence-electron chi connectivity index (χ3n) is 3.79. The summed E-state index contributed by atoms with van der Waals surface area (Å²) in [5.41, 5.74) is -2.10. The van der Waals surface area contributed by atoms with Crippen molar-refractivity contribution in [2.75, 3.05) is 0 Å². The number of aromatic carboxylic acids is 2. The van der Waals surface area contributed by atoms with Crippen LogP contribution in [0.15, 0.2) is 60.7 Å². The maximum atomic E-state index is 12.1. The van der Waals surface area contributed by atoms with E-state index in [1.807, 2.05) is 0 Å². The number of esters is 4. The first-order valence-electron chi connectivity index (χ1n) is 8.45. The first kappa shape index (κ1) is 22.7. The minimum atomic E-state index is -1.41. The van der Waals surface area contributed by atoms with E-state index in [-0.39, 0.29) is 16.7 Å². The molecule has 2 rings (SSSR count). The van der Waals surface area contributed by atoms with Gasteiger partial charge < -0.3 is 19.7 Å². The Balaban J connectivity index is 2.00. The molecule has 0 aromatic heterocycles. The Bertz CT molecular complexity index is 1110. The lowest BCUT2D eigenvalue weighted by Gasteiger charge is -2.08. The molecule has 0 radical (unpaired) electrons. The fourth-order valence-electron chi connectivity index (χ4n) is 2.35. The average molecular weight is 426 g/mol. The number of carbonyl (C=O) groups excluding carboxylic acids is 4. The zero-order chi connectivity index (χ0) is 23.1. The highest BCUT2D eigenvalue weighted by Gasteiger charge is 2.24. The molecule has 158 valence electrons. The standard InChI is InChI=1S/C21H14O10/c1-11(19(27)31-21(29)15-9-5-3-7-13(15)18(25)26)10-16(22)30-20(28)14-8-4-2-6-12(14)17(23)24/h2-9H,1,10H2,(H,23,24)(H,25,26). The molecule has 0 aliphatic rings. The molecule has 31 heavy (non-hydrogen) atoms. The Kier molecular flexibility index (Phi) is 7.13. The van der Waals surface area contributed by atoms with Gasteiger partial charge in [0, 0.05) is 5.57 Å². The zero-order valence-corrected chi connectivity index (χ0v) is 15.7. The van der Waals surface area contributed by atoms with Crippen molar-refractivity contribution in [3.63, 3.8) is 0 Å². The van der Waals surface area contributed by atoms with Crippen molar-refractivity contribution >= 4 is 35.8 Å². The van der Waals surface area contributed by atoms with E-state index in [2.05, 4.69) is 16.1 Å². The van der Waals surface area contributed by atoms with Crippen LogP contribution in [0.1, 0.15) is 47.9 Å². The number of carbonyl (C=O) groups is 6. The van der Waals surface area contributed by atoms with Gasteiger partial charge in [0.2, 0.25) is 0 Å². The van der Waals surface area contributed by atoms with Gasteiger partial charge in [0.05, 0.1) is 28.7 Å². The van der Waals surface area contributed by atoms with E-state index in [0.29, 0.717) is 0 Å². The normalized spacial score (nSPS) is 9.94. The van der Waals surface area contributed by atoms with Gasteiger partial charge in [0.1, 0.15) is 0 Å². The van der Waals surface area contributed by atoms with E-state index < -0.39 is 53.4 Å². The summed E-state index contributed by atoms with van der Waals surface area (Å²) in [6.45, 7) is 3.28. The fraction of sp³-hybridized carbons (Fsp3) is 0.0476. The summed E-state index contributed by atoms with van der Waals surface area (Å²) in [7, 11) is 0. The molecule has 0 unspecified atom stereocenters. The molecule has 10 heteroatoms. The average Bonchev–Trinajstić information content (AvgIpc) is 2.73. The molecule has 0 saturated carbocycles. The van der Waals surface area contributed by atoms with Crippen LogP contribution in [0, 0.1) is 0 Å². The van der Waals surface area contributed by atoms with E-state index in [1.54, 1.807) is 0 Å².